The van der Waals surface area contributed by atoms with Crippen LogP contribution in [0.4, 0.5) is 11.4 Å². The molecular formula is C18H22N2O2. The molecule has 1 amide bonds. The molecule has 0 saturated carbocycles. The molecule has 1 heterocycles. The lowest BCUT2D eigenvalue weighted by molar-refractivity contribution is -0.129. The number of amides is 1. The molecule has 4 nitrogen and oxygen atoms in total. The summed E-state index contributed by atoms with van der Waals surface area (Å²) in [5.41, 5.74) is 1.25. The van der Waals surface area contributed by atoms with Gasteiger partial charge in [0.05, 0.1) is 0 Å². The number of anilines is 2. The number of nitrogens with zero attached hydrogens (tertiary/aromatic N) is 1. The van der Waals surface area contributed by atoms with E-state index in [1.807, 2.05) is 57.1 Å². The van der Waals surface area contributed by atoms with Crippen LogP contribution in [0.2, 0.25) is 0 Å². The Hall–Kier alpha value is -2.33. The molecule has 2 aromatic carbocycles. The fraction of sp³-hybridized carbons (Fsp3) is 0.278. The van der Waals surface area contributed by atoms with E-state index in [1.54, 1.807) is 24.3 Å². The van der Waals surface area contributed by atoms with E-state index in [0.717, 1.165) is 5.69 Å². The van der Waals surface area contributed by atoms with Crippen molar-refractivity contribution in [3.8, 4) is 0 Å². The summed E-state index contributed by atoms with van der Waals surface area (Å²) in [5.74, 6) is -0.406. The Bertz CT molecular complexity index is 665. The van der Waals surface area contributed by atoms with Crippen LogP contribution in [0.5, 0.6) is 0 Å². The quantitative estimate of drug-likeness (QED) is 0.896. The maximum absolute atomic E-state index is 12.2. The fourth-order valence-electron chi connectivity index (χ4n) is 2.53. The lowest BCUT2D eigenvalue weighted by atomic mass is 9.87. The maximum atomic E-state index is 12.2. The van der Waals surface area contributed by atoms with E-state index in [2.05, 4.69) is 5.32 Å². The Morgan fingerprint density at radius 3 is 2.18 bits per heavy atom. The van der Waals surface area contributed by atoms with Crippen LogP contribution >= 0.6 is 0 Å². The first kappa shape index (κ1) is 16.0. The standard InChI is InChI=1S/C16H16N2O2.C2H6/c1-18(2)12-9-7-11(8-10-12)16(20)13-5-3-4-6-14(13)17-15(16)19;1-2/h3-10,20H,1-2H3,(H,17,19);1-2H3. The zero-order valence-corrected chi connectivity index (χ0v) is 13.4. The van der Waals surface area contributed by atoms with E-state index < -0.39 is 11.5 Å². The van der Waals surface area contributed by atoms with E-state index >= 15 is 0 Å². The third kappa shape index (κ3) is 2.46. The molecular weight excluding hydrogens is 276 g/mol. The van der Waals surface area contributed by atoms with Crippen LogP contribution in [0, 0.1) is 0 Å². The van der Waals surface area contributed by atoms with Gasteiger partial charge in [0.25, 0.3) is 5.91 Å². The largest absolute Gasteiger partial charge is 0.378 e. The molecule has 0 saturated heterocycles. The second-order valence-electron chi connectivity index (χ2n) is 5.15. The topological polar surface area (TPSA) is 52.6 Å². The van der Waals surface area contributed by atoms with Gasteiger partial charge in [0.2, 0.25) is 0 Å². The van der Waals surface area contributed by atoms with E-state index in [1.165, 1.54) is 0 Å². The molecule has 0 fully saturated rings. The normalized spacial score (nSPS) is 18.9. The lowest BCUT2D eigenvalue weighted by Gasteiger charge is -2.22. The second kappa shape index (κ2) is 6.20. The first-order valence-electron chi connectivity index (χ1n) is 7.44. The van der Waals surface area contributed by atoms with Crippen molar-refractivity contribution in [3.63, 3.8) is 0 Å². The van der Waals surface area contributed by atoms with Crippen LogP contribution in [0.25, 0.3) is 0 Å². The zero-order valence-electron chi connectivity index (χ0n) is 13.4. The van der Waals surface area contributed by atoms with Crippen molar-refractivity contribution in [3.05, 3.63) is 59.7 Å². The molecule has 2 N–H and O–H groups in total. The minimum Gasteiger partial charge on any atom is -0.378 e. The van der Waals surface area contributed by atoms with Crippen LogP contribution in [-0.4, -0.2) is 25.1 Å². The highest BCUT2D eigenvalue weighted by Gasteiger charge is 2.46. The highest BCUT2D eigenvalue weighted by molar-refractivity contribution is 6.07. The average molecular weight is 298 g/mol. The number of para-hydroxylation sites is 1. The summed E-state index contributed by atoms with van der Waals surface area (Å²) in [6.07, 6.45) is 0. The molecule has 0 aromatic heterocycles. The molecule has 0 aliphatic carbocycles. The molecule has 1 aliphatic heterocycles. The van der Waals surface area contributed by atoms with Crippen LogP contribution < -0.4 is 10.2 Å². The monoisotopic (exact) mass is 298 g/mol. The van der Waals surface area contributed by atoms with Crippen molar-refractivity contribution in [1.82, 2.24) is 0 Å². The van der Waals surface area contributed by atoms with E-state index in [4.69, 9.17) is 0 Å². The molecule has 116 valence electrons. The van der Waals surface area contributed by atoms with Gasteiger partial charge in [-0.05, 0) is 23.8 Å². The third-order valence-corrected chi connectivity index (χ3v) is 3.70. The Balaban J connectivity index is 0.000000847. The Kier molecular flexibility index (Phi) is 4.52. The summed E-state index contributed by atoms with van der Waals surface area (Å²) in [6.45, 7) is 4.00. The smallest absolute Gasteiger partial charge is 0.265 e. The summed E-state index contributed by atoms with van der Waals surface area (Å²) in [4.78, 5) is 14.2. The number of rotatable bonds is 2. The van der Waals surface area contributed by atoms with Crippen LogP contribution in [-0.2, 0) is 10.4 Å². The molecule has 1 aliphatic rings. The van der Waals surface area contributed by atoms with Gasteiger partial charge in [0.15, 0.2) is 5.60 Å². The molecule has 0 spiro atoms. The highest BCUT2D eigenvalue weighted by atomic mass is 16.3. The number of carbonyl (C=O) groups is 1. The van der Waals surface area contributed by atoms with Gasteiger partial charge in [-0.25, -0.2) is 0 Å². The maximum Gasteiger partial charge on any atom is 0.265 e. The zero-order chi connectivity index (χ0) is 16.3. The fourth-order valence-corrected chi connectivity index (χ4v) is 2.53. The van der Waals surface area contributed by atoms with Crippen LogP contribution in [0.15, 0.2) is 48.5 Å². The predicted molar refractivity (Wildman–Crippen MR) is 90.2 cm³/mol. The van der Waals surface area contributed by atoms with Crippen molar-refractivity contribution in [1.29, 1.82) is 0 Å². The highest BCUT2D eigenvalue weighted by Crippen LogP contribution is 2.40. The molecule has 3 rings (SSSR count). The Morgan fingerprint density at radius 2 is 1.59 bits per heavy atom. The van der Waals surface area contributed by atoms with Crippen LogP contribution in [0.1, 0.15) is 25.0 Å². The number of benzene rings is 2. The summed E-state index contributed by atoms with van der Waals surface area (Å²) in [7, 11) is 3.89. The van der Waals surface area contributed by atoms with E-state index in [0.29, 0.717) is 16.8 Å². The molecule has 2 aromatic rings. The van der Waals surface area contributed by atoms with Gasteiger partial charge < -0.3 is 15.3 Å². The lowest BCUT2D eigenvalue weighted by Crippen LogP contribution is -2.35. The number of aliphatic hydroxyl groups is 1. The van der Waals surface area contributed by atoms with Gasteiger partial charge in [-0.15, -0.1) is 0 Å². The SMILES string of the molecule is CC.CN(C)c1ccc(C2(O)C(=O)Nc3ccccc32)cc1. The number of carbonyl (C=O) groups excluding carboxylic acids is 1. The second-order valence-corrected chi connectivity index (χ2v) is 5.15. The van der Waals surface area contributed by atoms with Crippen molar-refractivity contribution in [2.45, 2.75) is 19.4 Å². The Labute approximate surface area is 131 Å². The first-order valence-corrected chi connectivity index (χ1v) is 7.44. The minimum absolute atomic E-state index is 0.406. The molecule has 4 heteroatoms. The van der Waals surface area contributed by atoms with Crippen molar-refractivity contribution >= 4 is 17.3 Å². The first-order chi connectivity index (χ1) is 10.5. The van der Waals surface area contributed by atoms with E-state index in [9.17, 15) is 9.90 Å². The van der Waals surface area contributed by atoms with Gasteiger partial charge in [-0.1, -0.05) is 44.2 Å². The molecule has 0 bridgehead atoms. The molecule has 22 heavy (non-hydrogen) atoms. The summed E-state index contributed by atoms with van der Waals surface area (Å²) in [5, 5.41) is 13.6. The van der Waals surface area contributed by atoms with Gasteiger partial charge in [-0.3, -0.25) is 4.79 Å². The third-order valence-electron chi connectivity index (χ3n) is 3.70. The summed E-state index contributed by atoms with van der Waals surface area (Å²) < 4.78 is 0. The molecule has 1 atom stereocenters. The van der Waals surface area contributed by atoms with Crippen molar-refractivity contribution < 1.29 is 9.90 Å². The number of hydrogen-bond donors (Lipinski definition) is 2. The van der Waals surface area contributed by atoms with Gasteiger partial charge in [0.1, 0.15) is 0 Å². The van der Waals surface area contributed by atoms with E-state index in [-0.39, 0.29) is 0 Å². The average Bonchev–Trinajstić information content (AvgIpc) is 2.82. The summed E-state index contributed by atoms with van der Waals surface area (Å²) >= 11 is 0. The van der Waals surface area contributed by atoms with Gasteiger partial charge >= 0.3 is 0 Å². The molecule has 0 radical (unpaired) electrons. The summed E-state index contributed by atoms with van der Waals surface area (Å²) in [6, 6.07) is 14.6. The van der Waals surface area contributed by atoms with Gasteiger partial charge in [0, 0.05) is 31.0 Å². The van der Waals surface area contributed by atoms with Crippen molar-refractivity contribution in [2.24, 2.45) is 0 Å². The Morgan fingerprint density at radius 1 is 1.00 bits per heavy atom. The van der Waals surface area contributed by atoms with Gasteiger partial charge in [-0.2, -0.15) is 0 Å². The predicted octanol–water partition coefficient (Wildman–Crippen LogP) is 2.97. The minimum atomic E-state index is -1.61. The number of nitrogens with one attached hydrogen (secondary N) is 1. The number of fused-ring (bicyclic) bond motifs is 1. The molecule has 1 unspecified atom stereocenters. The van der Waals surface area contributed by atoms with Crippen molar-refractivity contribution in [2.75, 3.05) is 24.3 Å². The number of hydrogen-bond acceptors (Lipinski definition) is 3. The van der Waals surface area contributed by atoms with Crippen LogP contribution in [0.3, 0.4) is 0 Å².